The van der Waals surface area contributed by atoms with Crippen LogP contribution < -0.4 is 4.72 Å². The van der Waals surface area contributed by atoms with Gasteiger partial charge in [0.2, 0.25) is 10.0 Å². The summed E-state index contributed by atoms with van der Waals surface area (Å²) in [6.45, 7) is 0. The fourth-order valence-corrected chi connectivity index (χ4v) is 4.64. The number of carbonyl (C=O) groups is 1. The van der Waals surface area contributed by atoms with Gasteiger partial charge in [-0.15, -0.1) is 11.3 Å². The summed E-state index contributed by atoms with van der Waals surface area (Å²) in [5, 5.41) is 9.06. The Morgan fingerprint density at radius 1 is 1.07 bits per heavy atom. The Balaban J connectivity index is 1.82. The van der Waals surface area contributed by atoms with Crippen molar-refractivity contribution in [3.05, 3.63) is 82.5 Å². The van der Waals surface area contributed by atoms with Crippen molar-refractivity contribution in [3.63, 3.8) is 0 Å². The maximum Gasteiger partial charge on any atom is 0.357 e. The number of aromatic carboxylic acids is 1. The molecule has 6 nitrogen and oxygen atoms in total. The number of hydrogen-bond donors (Lipinski definition) is 2. The molecule has 8 heteroatoms. The summed E-state index contributed by atoms with van der Waals surface area (Å²) in [6, 6.07) is 16.8. The van der Waals surface area contributed by atoms with Gasteiger partial charge in [0.25, 0.3) is 0 Å². The number of sulfonamides is 1. The zero-order valence-electron chi connectivity index (χ0n) is 14.1. The molecule has 2 aromatic carbocycles. The normalized spacial score (nSPS) is 11.6. The van der Waals surface area contributed by atoms with Crippen molar-refractivity contribution in [3.8, 4) is 0 Å². The van der Waals surface area contributed by atoms with E-state index in [2.05, 4.69) is 9.71 Å². The van der Waals surface area contributed by atoms with E-state index in [1.165, 1.54) is 5.51 Å². The van der Waals surface area contributed by atoms with Crippen molar-refractivity contribution in [2.45, 2.75) is 5.75 Å². The lowest BCUT2D eigenvalue weighted by Gasteiger charge is -2.09. The molecule has 27 heavy (non-hydrogen) atoms. The summed E-state index contributed by atoms with van der Waals surface area (Å²) in [6.07, 6.45) is 3.76. The highest BCUT2D eigenvalue weighted by Gasteiger charge is 2.20. The predicted octanol–water partition coefficient (Wildman–Crippen LogP) is 3.95. The van der Waals surface area contributed by atoms with Gasteiger partial charge >= 0.3 is 5.97 Å². The third-order valence-corrected chi connectivity index (χ3v) is 5.75. The third-order valence-electron chi connectivity index (χ3n) is 3.67. The highest BCUT2D eigenvalue weighted by Crippen LogP contribution is 2.23. The van der Waals surface area contributed by atoms with Crippen LogP contribution >= 0.6 is 11.3 Å². The number of thiazole rings is 1. The largest absolute Gasteiger partial charge is 0.476 e. The molecular weight excluding hydrogens is 384 g/mol. The summed E-state index contributed by atoms with van der Waals surface area (Å²) in [4.78, 5) is 14.8. The number of hydrogen-bond acceptors (Lipinski definition) is 5. The van der Waals surface area contributed by atoms with Crippen molar-refractivity contribution in [1.29, 1.82) is 0 Å². The van der Waals surface area contributed by atoms with Gasteiger partial charge in [-0.05, 0) is 16.7 Å². The highest BCUT2D eigenvalue weighted by atomic mass is 32.2. The molecule has 0 spiro atoms. The van der Waals surface area contributed by atoms with E-state index in [4.69, 9.17) is 5.11 Å². The Morgan fingerprint density at radius 3 is 2.52 bits per heavy atom. The molecule has 0 aliphatic rings. The van der Waals surface area contributed by atoms with Gasteiger partial charge in [0.1, 0.15) is 5.00 Å². The summed E-state index contributed by atoms with van der Waals surface area (Å²) >= 11 is 0.931. The van der Waals surface area contributed by atoms with E-state index in [0.29, 0.717) is 5.56 Å². The van der Waals surface area contributed by atoms with E-state index in [-0.39, 0.29) is 16.4 Å². The molecule has 138 valence electrons. The molecule has 2 N–H and O–H groups in total. The average molecular weight is 400 g/mol. The highest BCUT2D eigenvalue weighted by molar-refractivity contribution is 7.92. The van der Waals surface area contributed by atoms with Crippen LogP contribution in [0.25, 0.3) is 12.2 Å². The number of carboxylic acid groups (broad SMARTS) is 1. The number of rotatable bonds is 7. The maximum atomic E-state index is 12.5. The lowest BCUT2D eigenvalue weighted by molar-refractivity contribution is 0.0692. The van der Waals surface area contributed by atoms with E-state index in [0.717, 1.165) is 22.5 Å². The quantitative estimate of drug-likeness (QED) is 0.585. The van der Waals surface area contributed by atoms with Crippen LogP contribution in [-0.2, 0) is 15.8 Å². The molecule has 0 atom stereocenters. The fourth-order valence-electron chi connectivity index (χ4n) is 2.43. The molecule has 1 aromatic heterocycles. The molecule has 0 amide bonds. The lowest BCUT2D eigenvalue weighted by Crippen LogP contribution is -2.16. The second-order valence-electron chi connectivity index (χ2n) is 5.64. The van der Waals surface area contributed by atoms with E-state index in [1.54, 1.807) is 12.1 Å². The second kappa shape index (κ2) is 8.15. The minimum absolute atomic E-state index is 0.000177. The van der Waals surface area contributed by atoms with Crippen molar-refractivity contribution >= 4 is 44.5 Å². The Morgan fingerprint density at radius 2 is 1.78 bits per heavy atom. The summed E-state index contributed by atoms with van der Waals surface area (Å²) in [5.74, 6) is -1.56. The molecule has 0 fully saturated rings. The molecule has 3 aromatic rings. The molecule has 0 saturated heterocycles. The molecule has 0 bridgehead atoms. The van der Waals surface area contributed by atoms with E-state index < -0.39 is 16.0 Å². The Kier molecular flexibility index (Phi) is 5.68. The standard InChI is InChI=1S/C19H16N2O4S2/c22-19(23)17-18(26-13-20-17)21-27(24,25)12-16-9-5-4-8-15(16)11-10-14-6-2-1-3-7-14/h1-11,13,21H,12H2,(H,22,23)/b11-10+. The fraction of sp³-hybridized carbons (Fsp3) is 0.0526. The number of carboxylic acids is 1. The van der Waals surface area contributed by atoms with Crippen molar-refractivity contribution < 1.29 is 18.3 Å². The van der Waals surface area contributed by atoms with Gasteiger partial charge in [0.15, 0.2) is 5.69 Å². The number of anilines is 1. The minimum Gasteiger partial charge on any atom is -0.476 e. The lowest BCUT2D eigenvalue weighted by atomic mass is 10.1. The zero-order chi connectivity index (χ0) is 19.3. The van der Waals surface area contributed by atoms with E-state index in [9.17, 15) is 13.2 Å². The molecule has 3 rings (SSSR count). The van der Waals surface area contributed by atoms with Crippen molar-refractivity contribution in [1.82, 2.24) is 4.98 Å². The number of nitrogens with one attached hydrogen (secondary N) is 1. The molecule has 0 aliphatic carbocycles. The maximum absolute atomic E-state index is 12.5. The Hall–Kier alpha value is -2.97. The van der Waals surface area contributed by atoms with Gasteiger partial charge < -0.3 is 5.11 Å². The third kappa shape index (κ3) is 5.02. The smallest absolute Gasteiger partial charge is 0.357 e. The van der Waals surface area contributed by atoms with E-state index in [1.807, 2.05) is 54.6 Å². The van der Waals surface area contributed by atoms with Crippen LogP contribution in [0.1, 0.15) is 27.2 Å². The monoisotopic (exact) mass is 400 g/mol. The van der Waals surface area contributed by atoms with Crippen LogP contribution in [0.3, 0.4) is 0 Å². The average Bonchev–Trinajstić information content (AvgIpc) is 3.09. The number of aromatic nitrogens is 1. The van der Waals surface area contributed by atoms with Crippen LogP contribution in [0.2, 0.25) is 0 Å². The first kappa shape index (κ1) is 18.8. The van der Waals surface area contributed by atoms with Gasteiger partial charge in [0.05, 0.1) is 11.3 Å². The molecule has 1 heterocycles. The van der Waals surface area contributed by atoms with Crippen LogP contribution in [0.15, 0.2) is 60.1 Å². The molecular formula is C19H16N2O4S2. The van der Waals surface area contributed by atoms with Crippen LogP contribution in [0, 0.1) is 0 Å². The predicted molar refractivity (Wildman–Crippen MR) is 107 cm³/mol. The molecule has 0 unspecified atom stereocenters. The Bertz CT molecular complexity index is 1070. The van der Waals surface area contributed by atoms with Crippen LogP contribution in [0.5, 0.6) is 0 Å². The summed E-state index contributed by atoms with van der Waals surface area (Å²) < 4.78 is 27.4. The first-order valence-corrected chi connectivity index (χ1v) is 10.5. The van der Waals surface area contributed by atoms with Gasteiger partial charge in [-0.25, -0.2) is 18.2 Å². The van der Waals surface area contributed by atoms with Crippen LogP contribution in [0.4, 0.5) is 5.00 Å². The van der Waals surface area contributed by atoms with Gasteiger partial charge in [-0.2, -0.15) is 0 Å². The van der Waals surface area contributed by atoms with Crippen molar-refractivity contribution in [2.24, 2.45) is 0 Å². The molecule has 0 aliphatic heterocycles. The minimum atomic E-state index is -3.80. The number of nitrogens with zero attached hydrogens (tertiary/aromatic N) is 1. The SMILES string of the molecule is O=C(O)c1ncsc1NS(=O)(=O)Cc1ccccc1/C=C/c1ccccc1. The number of benzene rings is 2. The second-order valence-corrected chi connectivity index (χ2v) is 8.22. The summed E-state index contributed by atoms with van der Waals surface area (Å²) in [7, 11) is -3.80. The van der Waals surface area contributed by atoms with Gasteiger partial charge in [-0.1, -0.05) is 66.7 Å². The van der Waals surface area contributed by atoms with Gasteiger partial charge in [-0.3, -0.25) is 4.72 Å². The topological polar surface area (TPSA) is 96.4 Å². The van der Waals surface area contributed by atoms with Gasteiger partial charge in [0, 0.05) is 0 Å². The Labute approximate surface area is 160 Å². The summed E-state index contributed by atoms with van der Waals surface area (Å²) in [5.41, 5.74) is 3.37. The first-order chi connectivity index (χ1) is 12.9. The molecule has 0 saturated carbocycles. The van der Waals surface area contributed by atoms with E-state index >= 15 is 0 Å². The first-order valence-electron chi connectivity index (χ1n) is 7.93. The molecule has 0 radical (unpaired) electrons. The van der Waals surface area contributed by atoms with Crippen molar-refractivity contribution in [2.75, 3.05) is 4.72 Å². The van der Waals surface area contributed by atoms with Crippen LogP contribution in [-0.4, -0.2) is 24.5 Å². The zero-order valence-corrected chi connectivity index (χ0v) is 15.7.